The Morgan fingerprint density at radius 1 is 1.21 bits per heavy atom. The van der Waals surface area contributed by atoms with Crippen LogP contribution in [0, 0.1) is 23.5 Å². The fourth-order valence-electron chi connectivity index (χ4n) is 3.01. The smallest absolute Gasteiger partial charge is 0.159 e. The quantitative estimate of drug-likeness (QED) is 0.786. The van der Waals surface area contributed by atoms with E-state index in [1.807, 2.05) is 0 Å². The van der Waals surface area contributed by atoms with Crippen LogP contribution in [-0.2, 0) is 6.54 Å². The average Bonchev–Trinajstić information content (AvgIpc) is 2.39. The van der Waals surface area contributed by atoms with Crippen molar-refractivity contribution in [1.82, 2.24) is 5.32 Å². The Bertz CT molecular complexity index is 406. The number of hydrogen-bond donors (Lipinski definition) is 1. The molecular formula is C16H23F2N. The first-order chi connectivity index (χ1) is 9.15. The van der Waals surface area contributed by atoms with Crippen LogP contribution in [0.3, 0.4) is 0 Å². The lowest BCUT2D eigenvalue weighted by Crippen LogP contribution is -2.21. The predicted molar refractivity (Wildman–Crippen MR) is 73.8 cm³/mol. The Balaban J connectivity index is 1.67. The van der Waals surface area contributed by atoms with Crippen LogP contribution in [0.15, 0.2) is 18.2 Å². The van der Waals surface area contributed by atoms with Gasteiger partial charge < -0.3 is 5.32 Å². The van der Waals surface area contributed by atoms with Gasteiger partial charge in [-0.15, -0.1) is 0 Å². The molecular weight excluding hydrogens is 244 g/mol. The van der Waals surface area contributed by atoms with Crippen LogP contribution in [0.1, 0.15) is 44.6 Å². The molecule has 3 heteroatoms. The van der Waals surface area contributed by atoms with Crippen molar-refractivity contribution >= 4 is 0 Å². The van der Waals surface area contributed by atoms with Crippen LogP contribution >= 0.6 is 0 Å². The zero-order valence-corrected chi connectivity index (χ0v) is 11.6. The molecule has 1 aliphatic rings. The lowest BCUT2D eigenvalue weighted by atomic mass is 9.81. The molecule has 1 aromatic carbocycles. The van der Waals surface area contributed by atoms with Crippen LogP contribution in [0.5, 0.6) is 0 Å². The lowest BCUT2D eigenvalue weighted by molar-refractivity contribution is 0.267. The first-order valence-corrected chi connectivity index (χ1v) is 7.30. The van der Waals surface area contributed by atoms with Crippen LogP contribution < -0.4 is 5.32 Å². The second-order valence-electron chi connectivity index (χ2n) is 5.85. The summed E-state index contributed by atoms with van der Waals surface area (Å²) in [6.45, 7) is 3.90. The minimum Gasteiger partial charge on any atom is -0.313 e. The molecule has 0 saturated heterocycles. The van der Waals surface area contributed by atoms with Gasteiger partial charge in [-0.05, 0) is 48.9 Å². The third kappa shape index (κ3) is 4.57. The fourth-order valence-corrected chi connectivity index (χ4v) is 3.01. The Morgan fingerprint density at radius 3 is 2.79 bits per heavy atom. The molecule has 1 fully saturated rings. The largest absolute Gasteiger partial charge is 0.313 e. The molecule has 0 spiro atoms. The van der Waals surface area contributed by atoms with Gasteiger partial charge in [0.2, 0.25) is 0 Å². The summed E-state index contributed by atoms with van der Waals surface area (Å²) < 4.78 is 25.8. The molecule has 0 radical (unpaired) electrons. The number of rotatable bonds is 5. The first-order valence-electron chi connectivity index (χ1n) is 7.30. The maximum atomic E-state index is 13.0. The van der Waals surface area contributed by atoms with Crippen molar-refractivity contribution in [3.05, 3.63) is 35.4 Å². The molecule has 19 heavy (non-hydrogen) atoms. The highest BCUT2D eigenvalue weighted by atomic mass is 19.2. The van der Waals surface area contributed by atoms with Gasteiger partial charge >= 0.3 is 0 Å². The average molecular weight is 267 g/mol. The van der Waals surface area contributed by atoms with Crippen LogP contribution in [0.4, 0.5) is 8.78 Å². The van der Waals surface area contributed by atoms with E-state index in [0.29, 0.717) is 6.54 Å². The van der Waals surface area contributed by atoms with Gasteiger partial charge in [0.05, 0.1) is 0 Å². The summed E-state index contributed by atoms with van der Waals surface area (Å²) in [5.74, 6) is 0.159. The Morgan fingerprint density at radius 2 is 2.05 bits per heavy atom. The van der Waals surface area contributed by atoms with Gasteiger partial charge in [-0.25, -0.2) is 8.78 Å². The second-order valence-corrected chi connectivity index (χ2v) is 5.85. The minimum atomic E-state index is -0.778. The standard InChI is InChI=1S/C16H23F2N/c1-12-3-2-4-13(9-12)7-8-19-11-14-5-6-15(17)16(18)10-14/h5-6,10,12-13,19H,2-4,7-9,11H2,1H3. The monoisotopic (exact) mass is 267 g/mol. The number of halogens is 2. The molecule has 1 saturated carbocycles. The summed E-state index contributed by atoms with van der Waals surface area (Å²) in [5.41, 5.74) is 0.802. The molecule has 2 rings (SSSR count). The number of benzene rings is 1. The predicted octanol–water partition coefficient (Wildman–Crippen LogP) is 4.27. The van der Waals surface area contributed by atoms with E-state index >= 15 is 0 Å². The minimum absolute atomic E-state index is 0.611. The highest BCUT2D eigenvalue weighted by molar-refractivity contribution is 5.17. The van der Waals surface area contributed by atoms with E-state index in [2.05, 4.69) is 12.2 Å². The highest BCUT2D eigenvalue weighted by Gasteiger charge is 2.18. The van der Waals surface area contributed by atoms with Crippen molar-refractivity contribution in [3.63, 3.8) is 0 Å². The van der Waals surface area contributed by atoms with E-state index < -0.39 is 11.6 Å². The van der Waals surface area contributed by atoms with E-state index in [1.54, 1.807) is 6.07 Å². The molecule has 0 aliphatic heterocycles. The summed E-state index contributed by atoms with van der Waals surface area (Å²) in [4.78, 5) is 0. The first kappa shape index (κ1) is 14.4. The Labute approximate surface area is 114 Å². The fraction of sp³-hybridized carbons (Fsp3) is 0.625. The zero-order valence-electron chi connectivity index (χ0n) is 11.6. The topological polar surface area (TPSA) is 12.0 Å². The molecule has 106 valence electrons. The Hall–Kier alpha value is -0.960. The molecule has 1 aromatic rings. The zero-order chi connectivity index (χ0) is 13.7. The van der Waals surface area contributed by atoms with Gasteiger partial charge in [-0.1, -0.05) is 32.3 Å². The van der Waals surface area contributed by atoms with E-state index in [1.165, 1.54) is 44.2 Å². The second kappa shape index (κ2) is 6.99. The summed E-state index contributed by atoms with van der Waals surface area (Å²) in [6, 6.07) is 4.09. The number of nitrogens with one attached hydrogen (secondary N) is 1. The van der Waals surface area contributed by atoms with Crippen LogP contribution in [-0.4, -0.2) is 6.54 Å². The van der Waals surface area contributed by atoms with Crippen LogP contribution in [0.25, 0.3) is 0 Å². The summed E-state index contributed by atoms with van der Waals surface area (Å²) in [6.07, 6.45) is 6.60. The normalized spacial score (nSPS) is 23.5. The molecule has 2 atom stereocenters. The molecule has 0 aromatic heterocycles. The molecule has 1 aliphatic carbocycles. The SMILES string of the molecule is CC1CCCC(CCNCc2ccc(F)c(F)c2)C1. The third-order valence-corrected chi connectivity index (χ3v) is 4.09. The highest BCUT2D eigenvalue weighted by Crippen LogP contribution is 2.30. The van der Waals surface area contributed by atoms with Crippen molar-refractivity contribution in [2.45, 2.75) is 45.6 Å². The molecule has 0 amide bonds. The van der Waals surface area contributed by atoms with E-state index in [0.717, 1.165) is 23.9 Å². The molecule has 0 bridgehead atoms. The maximum absolute atomic E-state index is 13.0. The van der Waals surface area contributed by atoms with E-state index in [4.69, 9.17) is 0 Å². The van der Waals surface area contributed by atoms with Gasteiger partial charge in [-0.3, -0.25) is 0 Å². The van der Waals surface area contributed by atoms with Crippen molar-refractivity contribution in [3.8, 4) is 0 Å². The Kier molecular flexibility index (Phi) is 5.32. The maximum Gasteiger partial charge on any atom is 0.159 e. The molecule has 2 unspecified atom stereocenters. The van der Waals surface area contributed by atoms with Gasteiger partial charge in [-0.2, -0.15) is 0 Å². The van der Waals surface area contributed by atoms with Crippen molar-refractivity contribution in [2.24, 2.45) is 11.8 Å². The van der Waals surface area contributed by atoms with E-state index in [-0.39, 0.29) is 0 Å². The summed E-state index contributed by atoms with van der Waals surface area (Å²) in [5, 5.41) is 3.32. The van der Waals surface area contributed by atoms with Gasteiger partial charge in [0.25, 0.3) is 0 Å². The summed E-state index contributed by atoms with van der Waals surface area (Å²) >= 11 is 0. The number of hydrogen-bond acceptors (Lipinski definition) is 1. The van der Waals surface area contributed by atoms with Crippen molar-refractivity contribution in [1.29, 1.82) is 0 Å². The molecule has 1 N–H and O–H groups in total. The van der Waals surface area contributed by atoms with Crippen molar-refractivity contribution < 1.29 is 8.78 Å². The van der Waals surface area contributed by atoms with Crippen molar-refractivity contribution in [2.75, 3.05) is 6.54 Å². The summed E-state index contributed by atoms with van der Waals surface area (Å²) in [7, 11) is 0. The third-order valence-electron chi connectivity index (χ3n) is 4.09. The molecule has 0 heterocycles. The van der Waals surface area contributed by atoms with Gasteiger partial charge in [0.1, 0.15) is 0 Å². The van der Waals surface area contributed by atoms with Crippen LogP contribution in [0.2, 0.25) is 0 Å². The van der Waals surface area contributed by atoms with E-state index in [9.17, 15) is 8.78 Å². The lowest BCUT2D eigenvalue weighted by Gasteiger charge is -2.26. The molecule has 1 nitrogen and oxygen atoms in total. The van der Waals surface area contributed by atoms with Gasteiger partial charge in [0.15, 0.2) is 11.6 Å². The van der Waals surface area contributed by atoms with Gasteiger partial charge in [0, 0.05) is 6.54 Å².